The Morgan fingerprint density at radius 3 is 2.62 bits per heavy atom. The molecule has 2 aromatic rings. The predicted octanol–water partition coefficient (Wildman–Crippen LogP) is 3.93. The molecule has 2 atom stereocenters. The molecule has 0 aromatic heterocycles. The molecule has 37 heavy (non-hydrogen) atoms. The zero-order valence-corrected chi connectivity index (χ0v) is 22.4. The van der Waals surface area contributed by atoms with E-state index < -0.39 is 11.9 Å². The quantitative estimate of drug-likeness (QED) is 0.239. The first-order valence-corrected chi connectivity index (χ1v) is 13.2. The first-order chi connectivity index (χ1) is 18.0. The summed E-state index contributed by atoms with van der Waals surface area (Å²) in [7, 11) is 0. The van der Waals surface area contributed by atoms with E-state index in [1.807, 2.05) is 68.1 Å². The molecular weight excluding hydrogens is 484 g/mol. The third-order valence-corrected chi connectivity index (χ3v) is 6.56. The highest BCUT2D eigenvalue weighted by molar-refractivity contribution is 8.06. The molecule has 1 heterocycles. The van der Waals surface area contributed by atoms with E-state index in [2.05, 4.69) is 58.7 Å². The molecule has 7 nitrogen and oxygen atoms in total. The van der Waals surface area contributed by atoms with Gasteiger partial charge in [0, 0.05) is 17.2 Å². The topological polar surface area (TPSA) is 113 Å². The number of fused-ring (bicyclic) bond motifs is 2. The van der Waals surface area contributed by atoms with Gasteiger partial charge in [-0.3, -0.25) is 14.4 Å². The van der Waals surface area contributed by atoms with Gasteiger partial charge in [-0.15, -0.1) is 0 Å². The van der Waals surface area contributed by atoms with E-state index in [0.717, 1.165) is 16.3 Å². The number of rotatable bonds is 8. The summed E-state index contributed by atoms with van der Waals surface area (Å²) >= 11 is 1.81. The van der Waals surface area contributed by atoms with Crippen LogP contribution in [0.2, 0.25) is 0 Å². The lowest BCUT2D eigenvalue weighted by Gasteiger charge is -2.19. The molecule has 0 fully saturated rings. The van der Waals surface area contributed by atoms with Gasteiger partial charge >= 0.3 is 0 Å². The smallest absolute Gasteiger partial charge is 0.244 e. The van der Waals surface area contributed by atoms with Gasteiger partial charge in [-0.05, 0) is 34.7 Å². The van der Waals surface area contributed by atoms with Crippen LogP contribution in [0.3, 0.4) is 0 Å². The molecule has 0 saturated carbocycles. The molecule has 0 spiro atoms. The summed E-state index contributed by atoms with van der Waals surface area (Å²) in [4.78, 5) is 35.5. The molecule has 2 aromatic carbocycles. The monoisotopic (exact) mass is 520 g/mol. The zero-order chi connectivity index (χ0) is 27.0. The van der Waals surface area contributed by atoms with Crippen LogP contribution in [-0.2, 0) is 20.8 Å². The number of hydrogen-bond donors (Lipinski definition) is 4. The maximum absolute atomic E-state index is 12.3. The Morgan fingerprint density at radius 1 is 1.11 bits per heavy atom. The van der Waals surface area contributed by atoms with E-state index in [9.17, 15) is 14.4 Å². The molecule has 0 saturated heterocycles. The van der Waals surface area contributed by atoms with Crippen molar-refractivity contribution in [3.8, 4) is 0 Å². The molecule has 8 heteroatoms. The molecule has 4 rings (SSSR count). The summed E-state index contributed by atoms with van der Waals surface area (Å²) in [6.45, 7) is 5.97. The molecule has 1 aliphatic heterocycles. The van der Waals surface area contributed by atoms with E-state index in [1.54, 1.807) is 0 Å². The lowest BCUT2D eigenvalue weighted by atomic mass is 9.98. The molecule has 2 bridgehead atoms. The summed E-state index contributed by atoms with van der Waals surface area (Å²) < 4.78 is 0. The Labute approximate surface area is 223 Å². The zero-order valence-electron chi connectivity index (χ0n) is 21.6. The van der Waals surface area contributed by atoms with Crippen LogP contribution in [0.15, 0.2) is 88.7 Å². The maximum Gasteiger partial charge on any atom is 0.244 e. The largest absolute Gasteiger partial charge is 0.343 e. The van der Waals surface area contributed by atoms with Gasteiger partial charge in [0.2, 0.25) is 18.2 Å². The number of carbonyl (C=O) groups excluding carboxylic acids is 3. The standard InChI is InChI=1S/C17H20N4O3.C10H10S.C2H6/c18-9-16(23)21-15(17(24)20-10-19-11-22)8-13-6-3-5-12-4-1-2-7-14(12)13;1-8-7-11-10-5-3-2-4-9(8)6-10;1-2/h1-7,11,15H,8-10,18H2,(H,19,22)(H,20,24)(H,21,23);2-7,9H,1H3;1-2H3. The van der Waals surface area contributed by atoms with Gasteiger partial charge < -0.3 is 21.7 Å². The third kappa shape index (κ3) is 9.40. The summed E-state index contributed by atoms with van der Waals surface area (Å²) in [5.74, 6) is -0.265. The number of thioether (sulfide) groups is 1. The third-order valence-electron chi connectivity index (χ3n) is 5.53. The maximum atomic E-state index is 12.3. The Kier molecular flexibility index (Phi) is 13.0. The van der Waals surface area contributed by atoms with Crippen molar-refractivity contribution in [2.24, 2.45) is 11.7 Å². The lowest BCUT2D eigenvalue weighted by Crippen LogP contribution is -2.51. The Balaban J connectivity index is 0.000000306. The number of carbonyl (C=O) groups is 3. The van der Waals surface area contributed by atoms with Crippen molar-refractivity contribution in [1.29, 1.82) is 0 Å². The number of hydrogen-bond acceptors (Lipinski definition) is 5. The van der Waals surface area contributed by atoms with E-state index in [-0.39, 0.29) is 19.1 Å². The summed E-state index contributed by atoms with van der Waals surface area (Å²) in [5, 5.41) is 11.8. The highest BCUT2D eigenvalue weighted by Crippen LogP contribution is 2.33. The van der Waals surface area contributed by atoms with Crippen LogP contribution in [0, 0.1) is 5.92 Å². The average Bonchev–Trinajstić information content (AvgIpc) is 3.14. The van der Waals surface area contributed by atoms with Crippen LogP contribution in [0.1, 0.15) is 26.3 Å². The molecule has 2 aliphatic rings. The molecule has 3 amide bonds. The van der Waals surface area contributed by atoms with Crippen LogP contribution in [0.4, 0.5) is 0 Å². The van der Waals surface area contributed by atoms with Gasteiger partial charge in [0.05, 0.1) is 13.2 Å². The first-order valence-electron chi connectivity index (χ1n) is 12.3. The summed E-state index contributed by atoms with van der Waals surface area (Å²) in [6.07, 6.45) is 11.7. The van der Waals surface area contributed by atoms with Crippen molar-refractivity contribution in [3.63, 3.8) is 0 Å². The Hall–Kier alpha value is -3.62. The van der Waals surface area contributed by atoms with Crippen LogP contribution in [0.25, 0.3) is 10.8 Å². The van der Waals surface area contributed by atoms with Crippen molar-refractivity contribution in [2.45, 2.75) is 33.2 Å². The fourth-order valence-electron chi connectivity index (χ4n) is 3.68. The first kappa shape index (κ1) is 29.6. The molecular formula is C29H36N4O3S. The second kappa shape index (κ2) is 16.2. The second-order valence-corrected chi connectivity index (χ2v) is 8.97. The SMILES string of the molecule is CC.CC1=CSC2=CC1C=CC=C2.NCC(=O)NC(Cc1cccc2ccccc12)C(=O)NCNC=O. The number of nitrogens with two attached hydrogens (primary N) is 1. The lowest BCUT2D eigenvalue weighted by molar-refractivity contribution is -0.128. The number of nitrogens with one attached hydrogen (secondary N) is 3. The van der Waals surface area contributed by atoms with Crippen LogP contribution < -0.4 is 21.7 Å². The van der Waals surface area contributed by atoms with Gasteiger partial charge in [-0.1, -0.05) is 98.0 Å². The highest BCUT2D eigenvalue weighted by atomic mass is 32.2. The number of benzene rings is 2. The van der Waals surface area contributed by atoms with Crippen molar-refractivity contribution in [2.75, 3.05) is 13.2 Å². The average molecular weight is 521 g/mol. The minimum absolute atomic E-state index is 0.00708. The van der Waals surface area contributed by atoms with Crippen molar-refractivity contribution in [3.05, 3.63) is 94.3 Å². The van der Waals surface area contributed by atoms with Crippen molar-refractivity contribution < 1.29 is 14.4 Å². The van der Waals surface area contributed by atoms with E-state index in [4.69, 9.17) is 5.73 Å². The minimum atomic E-state index is -0.777. The molecule has 5 N–H and O–H groups in total. The van der Waals surface area contributed by atoms with Gasteiger partial charge in [0.25, 0.3) is 0 Å². The second-order valence-electron chi connectivity index (χ2n) is 8.02. The Morgan fingerprint density at radius 2 is 1.86 bits per heavy atom. The van der Waals surface area contributed by atoms with E-state index in [0.29, 0.717) is 18.7 Å². The van der Waals surface area contributed by atoms with Crippen LogP contribution >= 0.6 is 11.8 Å². The van der Waals surface area contributed by atoms with Crippen LogP contribution in [0.5, 0.6) is 0 Å². The predicted molar refractivity (Wildman–Crippen MR) is 153 cm³/mol. The molecule has 1 aliphatic carbocycles. The van der Waals surface area contributed by atoms with Crippen LogP contribution in [-0.4, -0.2) is 37.5 Å². The van der Waals surface area contributed by atoms with Gasteiger partial charge in [0.15, 0.2) is 0 Å². The Bertz CT molecular complexity index is 1180. The fraction of sp³-hybridized carbons (Fsp3) is 0.276. The van der Waals surface area contributed by atoms with Gasteiger partial charge in [0.1, 0.15) is 6.04 Å². The fourth-order valence-corrected chi connectivity index (χ4v) is 4.54. The summed E-state index contributed by atoms with van der Waals surface area (Å²) in [5.41, 5.74) is 7.71. The number of amides is 3. The van der Waals surface area contributed by atoms with Gasteiger partial charge in [-0.2, -0.15) is 0 Å². The normalized spacial score (nSPS) is 15.8. The molecule has 0 radical (unpaired) electrons. The van der Waals surface area contributed by atoms with Gasteiger partial charge in [-0.25, -0.2) is 0 Å². The molecule has 196 valence electrons. The van der Waals surface area contributed by atoms with E-state index >= 15 is 0 Å². The van der Waals surface area contributed by atoms with Crippen molar-refractivity contribution >= 4 is 40.8 Å². The van der Waals surface area contributed by atoms with E-state index in [1.165, 1.54) is 10.5 Å². The van der Waals surface area contributed by atoms with Crippen molar-refractivity contribution in [1.82, 2.24) is 16.0 Å². The number of allylic oxidation sites excluding steroid dienone is 6. The minimum Gasteiger partial charge on any atom is -0.343 e. The highest BCUT2D eigenvalue weighted by Gasteiger charge is 2.21. The summed E-state index contributed by atoms with van der Waals surface area (Å²) in [6, 6.07) is 12.9. The molecule has 2 unspecified atom stereocenters.